The number of carbonyl (C=O) groups excluding carboxylic acids is 4. The van der Waals surface area contributed by atoms with Crippen LogP contribution in [-0.2, 0) is 19.1 Å². The molecular formula is C28H35N5O7. The minimum Gasteiger partial charge on any atom is -0.508 e. The number of rotatable bonds is 11. The molecule has 2 atom stereocenters. The number of aryl methyl sites for hydroxylation is 1. The summed E-state index contributed by atoms with van der Waals surface area (Å²) < 4.78 is 10.4. The summed E-state index contributed by atoms with van der Waals surface area (Å²) in [4.78, 5) is 52.6. The number of hydrogen-bond acceptors (Lipinski definition) is 8. The molecule has 12 nitrogen and oxygen atoms in total. The smallest absolute Gasteiger partial charge is 0.408 e. The molecule has 12 heteroatoms. The van der Waals surface area contributed by atoms with Gasteiger partial charge in [0.25, 0.3) is 5.91 Å². The average Bonchev–Trinajstić information content (AvgIpc) is 2.87. The van der Waals surface area contributed by atoms with E-state index in [9.17, 15) is 29.5 Å². The van der Waals surface area contributed by atoms with Crippen LogP contribution >= 0.6 is 0 Å². The van der Waals surface area contributed by atoms with Crippen molar-refractivity contribution in [3.63, 3.8) is 0 Å². The van der Waals surface area contributed by atoms with Gasteiger partial charge >= 0.3 is 6.09 Å². The topological polar surface area (TPSA) is 184 Å². The minimum atomic E-state index is -1.36. The fourth-order valence-electron chi connectivity index (χ4n) is 3.77. The molecule has 0 aliphatic heterocycles. The fraction of sp³-hybridized carbons (Fsp3) is 0.393. The van der Waals surface area contributed by atoms with Crippen molar-refractivity contribution in [1.82, 2.24) is 10.2 Å². The van der Waals surface area contributed by atoms with Gasteiger partial charge in [-0.05, 0) is 81.6 Å². The Balaban J connectivity index is 2.53. The van der Waals surface area contributed by atoms with E-state index in [-0.39, 0.29) is 18.6 Å². The van der Waals surface area contributed by atoms with Crippen LogP contribution in [0.5, 0.6) is 11.5 Å². The fourth-order valence-corrected chi connectivity index (χ4v) is 3.77. The van der Waals surface area contributed by atoms with Crippen molar-refractivity contribution in [2.75, 3.05) is 19.0 Å². The van der Waals surface area contributed by atoms with Crippen LogP contribution in [0.2, 0.25) is 0 Å². The predicted molar refractivity (Wildman–Crippen MR) is 146 cm³/mol. The third-order valence-electron chi connectivity index (χ3n) is 5.65. The average molecular weight is 554 g/mol. The summed E-state index contributed by atoms with van der Waals surface area (Å²) in [6.45, 7) is 6.00. The first-order valence-corrected chi connectivity index (χ1v) is 12.5. The molecule has 40 heavy (non-hydrogen) atoms. The van der Waals surface area contributed by atoms with E-state index in [2.05, 4.69) is 10.6 Å². The summed E-state index contributed by atoms with van der Waals surface area (Å²) in [6, 6.07) is 10.0. The number of nitrogens with one attached hydrogen (secondary N) is 2. The molecule has 0 fully saturated rings. The molecule has 0 aliphatic carbocycles. The van der Waals surface area contributed by atoms with Gasteiger partial charge < -0.3 is 35.8 Å². The number of nitriles is 1. The largest absolute Gasteiger partial charge is 0.508 e. The van der Waals surface area contributed by atoms with E-state index in [1.807, 2.05) is 6.07 Å². The second-order valence-corrected chi connectivity index (χ2v) is 9.99. The number of amides is 4. The van der Waals surface area contributed by atoms with Crippen molar-refractivity contribution in [3.05, 3.63) is 53.6 Å². The van der Waals surface area contributed by atoms with Crippen LogP contribution in [0.3, 0.4) is 0 Å². The number of ether oxygens (including phenoxy) is 2. The molecule has 5 N–H and O–H groups in total. The van der Waals surface area contributed by atoms with Crippen LogP contribution in [0, 0.1) is 18.3 Å². The van der Waals surface area contributed by atoms with Crippen molar-refractivity contribution in [3.8, 4) is 17.6 Å². The number of primary amides is 1. The zero-order chi connectivity index (χ0) is 30.0. The second kappa shape index (κ2) is 13.8. The van der Waals surface area contributed by atoms with E-state index in [4.69, 9.17) is 15.2 Å². The van der Waals surface area contributed by atoms with Crippen molar-refractivity contribution in [2.24, 2.45) is 5.73 Å². The number of nitrogens with two attached hydrogens (primary N) is 1. The van der Waals surface area contributed by atoms with Crippen molar-refractivity contribution < 1.29 is 33.8 Å². The highest BCUT2D eigenvalue weighted by atomic mass is 16.6. The van der Waals surface area contributed by atoms with Crippen LogP contribution in [-0.4, -0.2) is 59.1 Å². The first-order chi connectivity index (χ1) is 18.7. The minimum absolute atomic E-state index is 0.0258. The number of benzene rings is 2. The van der Waals surface area contributed by atoms with Gasteiger partial charge in [0, 0.05) is 12.1 Å². The maximum atomic E-state index is 13.9. The van der Waals surface area contributed by atoms with Gasteiger partial charge in [-0.2, -0.15) is 5.26 Å². The lowest BCUT2D eigenvalue weighted by atomic mass is 9.99. The third-order valence-corrected chi connectivity index (χ3v) is 5.65. The number of aromatic hydroxyl groups is 1. The highest BCUT2D eigenvalue weighted by Gasteiger charge is 2.36. The lowest BCUT2D eigenvalue weighted by Crippen LogP contribution is -2.52. The number of alkyl carbamates (subject to hydrolysis) is 1. The van der Waals surface area contributed by atoms with Gasteiger partial charge in [-0.1, -0.05) is 6.07 Å². The Morgan fingerprint density at radius 1 is 1.12 bits per heavy atom. The molecule has 0 heterocycles. The molecule has 0 aromatic heterocycles. The quantitative estimate of drug-likeness (QED) is 0.306. The molecule has 4 amide bonds. The molecule has 0 aliphatic rings. The first-order valence-electron chi connectivity index (χ1n) is 12.5. The van der Waals surface area contributed by atoms with Gasteiger partial charge in [0.05, 0.1) is 13.2 Å². The number of methoxy groups -OCH3 is 1. The van der Waals surface area contributed by atoms with Crippen molar-refractivity contribution in [1.29, 1.82) is 5.26 Å². The first kappa shape index (κ1) is 31.4. The molecule has 2 rings (SSSR count). The van der Waals surface area contributed by atoms with Gasteiger partial charge in [-0.15, -0.1) is 0 Å². The Morgan fingerprint density at radius 3 is 2.30 bits per heavy atom. The summed E-state index contributed by atoms with van der Waals surface area (Å²) in [5.74, 6) is -1.64. The molecule has 0 spiro atoms. The van der Waals surface area contributed by atoms with Crippen molar-refractivity contribution in [2.45, 2.75) is 58.2 Å². The van der Waals surface area contributed by atoms with Crippen LogP contribution < -0.4 is 21.1 Å². The molecule has 0 bridgehead atoms. The maximum Gasteiger partial charge on any atom is 0.408 e. The molecule has 0 saturated heterocycles. The standard InChI is InChI=1S/C28H35N5O7/c1-17-16-18(6-12-22(17)34)24(25(36)31-19-7-9-20(39-5)10-8-19)33(15-14-29)26(37)21(11-13-23(30)35)32-27(38)40-28(2,3)4/h6-10,12,16,21,24,34H,11,13,15H2,1-5H3,(H2,30,35)(H,31,36)(H,32,38). The number of hydrogen-bond donors (Lipinski definition) is 4. The number of phenolic OH excluding ortho intramolecular Hbond substituents is 1. The predicted octanol–water partition coefficient (Wildman–Crippen LogP) is 2.90. The highest BCUT2D eigenvalue weighted by molar-refractivity contribution is 5.99. The van der Waals surface area contributed by atoms with Crippen LogP contribution in [0.4, 0.5) is 10.5 Å². The summed E-state index contributed by atoms with van der Waals surface area (Å²) in [5, 5.41) is 24.9. The lowest BCUT2D eigenvalue weighted by molar-refractivity contribution is -0.140. The van der Waals surface area contributed by atoms with Crippen molar-refractivity contribution >= 4 is 29.5 Å². The van der Waals surface area contributed by atoms with Gasteiger partial charge in [-0.25, -0.2) is 4.79 Å². The Bertz CT molecular complexity index is 1270. The van der Waals surface area contributed by atoms with Gasteiger partial charge in [0.15, 0.2) is 0 Å². The van der Waals surface area contributed by atoms with Gasteiger partial charge in [0.2, 0.25) is 11.8 Å². The summed E-state index contributed by atoms with van der Waals surface area (Å²) in [5.41, 5.74) is 5.54. The lowest BCUT2D eigenvalue weighted by Gasteiger charge is -2.33. The number of anilines is 1. The van der Waals surface area contributed by atoms with Crippen LogP contribution in [0.25, 0.3) is 0 Å². The Labute approximate surface area is 233 Å². The summed E-state index contributed by atoms with van der Waals surface area (Å²) in [7, 11) is 1.50. The number of nitrogens with zero attached hydrogens (tertiary/aromatic N) is 2. The zero-order valence-electron chi connectivity index (χ0n) is 23.2. The zero-order valence-corrected chi connectivity index (χ0v) is 23.2. The van der Waals surface area contributed by atoms with E-state index in [1.54, 1.807) is 52.0 Å². The Hall–Kier alpha value is -4.79. The molecule has 2 unspecified atom stereocenters. The number of phenols is 1. The second-order valence-electron chi connectivity index (χ2n) is 9.99. The molecule has 2 aromatic rings. The maximum absolute atomic E-state index is 13.9. The molecular weight excluding hydrogens is 518 g/mol. The normalized spacial score (nSPS) is 12.3. The molecule has 2 aromatic carbocycles. The van der Waals surface area contributed by atoms with Crippen LogP contribution in [0.1, 0.15) is 50.8 Å². The van der Waals surface area contributed by atoms with E-state index in [1.165, 1.54) is 25.3 Å². The summed E-state index contributed by atoms with van der Waals surface area (Å²) >= 11 is 0. The third kappa shape index (κ3) is 9.20. The van der Waals surface area contributed by atoms with Crippen LogP contribution in [0.15, 0.2) is 42.5 Å². The van der Waals surface area contributed by atoms with E-state index >= 15 is 0 Å². The highest BCUT2D eigenvalue weighted by Crippen LogP contribution is 2.28. The Morgan fingerprint density at radius 2 is 1.77 bits per heavy atom. The summed E-state index contributed by atoms with van der Waals surface area (Å²) in [6.07, 6.45) is -1.38. The molecule has 0 radical (unpaired) electrons. The van der Waals surface area contributed by atoms with Gasteiger partial charge in [-0.3, -0.25) is 14.4 Å². The van der Waals surface area contributed by atoms with E-state index < -0.39 is 48.0 Å². The Kier molecular flexibility index (Phi) is 10.9. The van der Waals surface area contributed by atoms with E-state index in [0.29, 0.717) is 22.6 Å². The molecule has 214 valence electrons. The number of carbonyl (C=O) groups is 4. The SMILES string of the molecule is COc1ccc(NC(=O)C(c2ccc(O)c(C)c2)N(CC#N)C(=O)C(CCC(N)=O)NC(=O)OC(C)(C)C)cc1. The monoisotopic (exact) mass is 553 g/mol. The van der Waals surface area contributed by atoms with Gasteiger partial charge in [0.1, 0.15) is 35.7 Å². The molecule has 0 saturated carbocycles. The van der Waals surface area contributed by atoms with E-state index in [0.717, 1.165) is 4.90 Å².